The first-order chi connectivity index (χ1) is 14.0. The molecule has 0 spiro atoms. The molecule has 0 aliphatic heterocycles. The lowest BCUT2D eigenvalue weighted by Gasteiger charge is -2.05. The number of aryl methyl sites for hydroxylation is 1. The van der Waals surface area contributed by atoms with Crippen LogP contribution < -0.4 is 5.32 Å². The van der Waals surface area contributed by atoms with E-state index in [1.54, 1.807) is 31.2 Å². The summed E-state index contributed by atoms with van der Waals surface area (Å²) in [5.74, 6) is 0.105. The Morgan fingerprint density at radius 1 is 1.10 bits per heavy atom. The topological polar surface area (TPSA) is 72.2 Å². The number of ketones is 1. The summed E-state index contributed by atoms with van der Waals surface area (Å²) in [5, 5.41) is 9.26. The number of halogens is 1. The van der Waals surface area contributed by atoms with Crippen molar-refractivity contribution in [2.75, 3.05) is 0 Å². The summed E-state index contributed by atoms with van der Waals surface area (Å²) in [4.78, 5) is 27.5. The highest BCUT2D eigenvalue weighted by molar-refractivity contribution is 7.16. The van der Waals surface area contributed by atoms with Crippen LogP contribution in [0.2, 0.25) is 5.02 Å². The molecule has 0 aliphatic rings. The lowest BCUT2D eigenvalue weighted by atomic mass is 10.1. The molecule has 0 atom stereocenters. The summed E-state index contributed by atoms with van der Waals surface area (Å²) in [6.07, 6.45) is 0. The van der Waals surface area contributed by atoms with Crippen LogP contribution in [0.1, 0.15) is 35.5 Å². The minimum Gasteiger partial charge on any atom is -0.360 e. The third kappa shape index (κ3) is 4.03. The lowest BCUT2D eigenvalue weighted by molar-refractivity contribution is 0.0949. The number of carbonyl (C=O) groups is 2. The number of aromatic nitrogens is 1. The molecule has 0 aliphatic carbocycles. The number of nitrogens with zero attached hydrogens (tertiary/aromatic N) is 1. The van der Waals surface area contributed by atoms with Crippen LogP contribution in [0.3, 0.4) is 0 Å². The Balaban J connectivity index is 1.50. The van der Waals surface area contributed by atoms with E-state index in [2.05, 4.69) is 10.5 Å². The van der Waals surface area contributed by atoms with Crippen molar-refractivity contribution >= 4 is 46.0 Å². The summed E-state index contributed by atoms with van der Waals surface area (Å²) in [6, 6.07) is 14.5. The molecule has 1 amide bonds. The number of rotatable bonds is 6. The van der Waals surface area contributed by atoms with E-state index in [9.17, 15) is 9.59 Å². The Kier molecular flexibility index (Phi) is 5.62. The van der Waals surface area contributed by atoms with E-state index in [1.165, 1.54) is 22.7 Å². The van der Waals surface area contributed by atoms with E-state index in [0.29, 0.717) is 43.9 Å². The first kappa shape index (κ1) is 19.6. The zero-order chi connectivity index (χ0) is 20.4. The molecule has 4 aromatic rings. The third-order valence-electron chi connectivity index (χ3n) is 4.27. The monoisotopic (exact) mass is 442 g/mol. The summed E-state index contributed by atoms with van der Waals surface area (Å²) in [6.45, 7) is 1.99. The fraction of sp³-hybridized carbons (Fsp3) is 0.0952. The predicted octanol–water partition coefficient (Wildman–Crippen LogP) is 5.59. The van der Waals surface area contributed by atoms with Crippen molar-refractivity contribution in [2.24, 2.45) is 0 Å². The highest BCUT2D eigenvalue weighted by Crippen LogP contribution is 2.31. The number of amides is 1. The van der Waals surface area contributed by atoms with Gasteiger partial charge in [-0.2, -0.15) is 0 Å². The number of benzene rings is 1. The summed E-state index contributed by atoms with van der Waals surface area (Å²) < 4.78 is 5.24. The van der Waals surface area contributed by atoms with Crippen molar-refractivity contribution in [1.29, 1.82) is 0 Å². The molecule has 3 heterocycles. The first-order valence-electron chi connectivity index (χ1n) is 8.71. The second-order valence-corrected chi connectivity index (χ2v) is 8.72. The Morgan fingerprint density at radius 2 is 1.93 bits per heavy atom. The Hall–Kier alpha value is -2.74. The zero-order valence-electron chi connectivity index (χ0n) is 15.3. The van der Waals surface area contributed by atoms with Gasteiger partial charge in [0.2, 0.25) is 5.78 Å². The highest BCUT2D eigenvalue weighted by atomic mass is 35.5. The largest absolute Gasteiger partial charge is 0.360 e. The van der Waals surface area contributed by atoms with Gasteiger partial charge in [0.1, 0.15) is 17.0 Å². The molecule has 4 rings (SSSR count). The van der Waals surface area contributed by atoms with E-state index in [-0.39, 0.29) is 11.7 Å². The maximum absolute atomic E-state index is 12.8. The van der Waals surface area contributed by atoms with Gasteiger partial charge in [-0.15, -0.1) is 22.7 Å². The standard InChI is InChI=1S/C21H15ClN2O3S2/c1-12-18(19(24-27-12)14-5-2-3-6-15(14)22)21(26)23-11-13-8-9-17(29-13)20(25)16-7-4-10-28-16/h2-10H,11H2,1H3,(H,23,26). The van der Waals surface area contributed by atoms with E-state index in [1.807, 2.05) is 29.6 Å². The van der Waals surface area contributed by atoms with Gasteiger partial charge in [0.15, 0.2) is 0 Å². The van der Waals surface area contributed by atoms with Crippen LogP contribution >= 0.6 is 34.3 Å². The molecule has 0 fully saturated rings. The average Bonchev–Trinajstić information content (AvgIpc) is 3.47. The molecule has 146 valence electrons. The molecular formula is C21H15ClN2O3S2. The maximum Gasteiger partial charge on any atom is 0.257 e. The van der Waals surface area contributed by atoms with Gasteiger partial charge >= 0.3 is 0 Å². The van der Waals surface area contributed by atoms with E-state index in [4.69, 9.17) is 16.1 Å². The summed E-state index contributed by atoms with van der Waals surface area (Å²) >= 11 is 9.03. The molecule has 8 heteroatoms. The van der Waals surface area contributed by atoms with Gasteiger partial charge in [0, 0.05) is 10.4 Å². The summed E-state index contributed by atoms with van der Waals surface area (Å²) in [7, 11) is 0. The molecule has 0 radical (unpaired) electrons. The number of hydrogen-bond acceptors (Lipinski definition) is 6. The molecular weight excluding hydrogens is 428 g/mol. The van der Waals surface area contributed by atoms with Crippen molar-refractivity contribution in [1.82, 2.24) is 10.5 Å². The lowest BCUT2D eigenvalue weighted by Crippen LogP contribution is -2.23. The van der Waals surface area contributed by atoms with Gasteiger partial charge in [-0.3, -0.25) is 9.59 Å². The second-order valence-electron chi connectivity index (χ2n) is 6.20. The van der Waals surface area contributed by atoms with E-state index in [0.717, 1.165) is 4.88 Å². The van der Waals surface area contributed by atoms with Crippen LogP contribution in [-0.2, 0) is 6.54 Å². The molecule has 29 heavy (non-hydrogen) atoms. The van der Waals surface area contributed by atoms with Gasteiger partial charge in [-0.1, -0.05) is 41.0 Å². The molecule has 1 aromatic carbocycles. The number of nitrogens with one attached hydrogen (secondary N) is 1. The number of thiophene rings is 2. The van der Waals surface area contributed by atoms with Gasteiger partial charge < -0.3 is 9.84 Å². The molecule has 5 nitrogen and oxygen atoms in total. The molecule has 0 unspecified atom stereocenters. The van der Waals surface area contributed by atoms with Crippen LogP contribution in [0.15, 0.2) is 58.4 Å². The zero-order valence-corrected chi connectivity index (χ0v) is 17.7. The summed E-state index contributed by atoms with van der Waals surface area (Å²) in [5.41, 5.74) is 1.39. The molecule has 0 saturated heterocycles. The van der Waals surface area contributed by atoms with Crippen molar-refractivity contribution in [3.05, 3.63) is 84.9 Å². The SMILES string of the molecule is Cc1onc(-c2ccccc2Cl)c1C(=O)NCc1ccc(C(=O)c2cccs2)s1. The van der Waals surface area contributed by atoms with Crippen molar-refractivity contribution in [3.8, 4) is 11.3 Å². The fourth-order valence-corrected chi connectivity index (χ4v) is 4.73. The highest BCUT2D eigenvalue weighted by Gasteiger charge is 2.23. The maximum atomic E-state index is 12.8. The minimum atomic E-state index is -0.307. The van der Waals surface area contributed by atoms with E-state index < -0.39 is 0 Å². The normalized spacial score (nSPS) is 10.8. The van der Waals surface area contributed by atoms with Gasteiger partial charge in [-0.25, -0.2) is 0 Å². The van der Waals surface area contributed by atoms with Crippen molar-refractivity contribution in [2.45, 2.75) is 13.5 Å². The minimum absolute atomic E-state index is 0.00142. The molecule has 0 saturated carbocycles. The number of hydrogen-bond donors (Lipinski definition) is 1. The van der Waals surface area contributed by atoms with Gasteiger partial charge in [0.05, 0.1) is 21.3 Å². The van der Waals surface area contributed by atoms with Crippen LogP contribution in [0.5, 0.6) is 0 Å². The molecule has 3 aromatic heterocycles. The van der Waals surface area contributed by atoms with Crippen molar-refractivity contribution < 1.29 is 14.1 Å². The van der Waals surface area contributed by atoms with Crippen molar-refractivity contribution in [3.63, 3.8) is 0 Å². The molecule has 1 N–H and O–H groups in total. The van der Waals surface area contributed by atoms with E-state index >= 15 is 0 Å². The van der Waals surface area contributed by atoms with Crippen LogP contribution in [0.25, 0.3) is 11.3 Å². The average molecular weight is 443 g/mol. The van der Waals surface area contributed by atoms with Gasteiger partial charge in [-0.05, 0) is 36.6 Å². The predicted molar refractivity (Wildman–Crippen MR) is 115 cm³/mol. The Labute approximate surface area is 179 Å². The fourth-order valence-electron chi connectivity index (χ4n) is 2.86. The Bertz CT molecular complexity index is 1180. The smallest absolute Gasteiger partial charge is 0.257 e. The third-order valence-corrected chi connectivity index (χ3v) is 6.55. The molecule has 0 bridgehead atoms. The quantitative estimate of drug-likeness (QED) is 0.395. The number of carbonyl (C=O) groups excluding carboxylic acids is 2. The van der Waals surface area contributed by atoms with Crippen LogP contribution in [0, 0.1) is 6.92 Å². The first-order valence-corrected chi connectivity index (χ1v) is 10.8. The van der Waals surface area contributed by atoms with Gasteiger partial charge in [0.25, 0.3) is 5.91 Å². The Morgan fingerprint density at radius 3 is 2.69 bits per heavy atom. The van der Waals surface area contributed by atoms with Crippen LogP contribution in [-0.4, -0.2) is 16.8 Å². The van der Waals surface area contributed by atoms with Crippen LogP contribution in [0.4, 0.5) is 0 Å². The second kappa shape index (κ2) is 8.32.